The predicted octanol–water partition coefficient (Wildman–Crippen LogP) is 3.54. The van der Waals surface area contributed by atoms with E-state index in [1.165, 1.54) is 37.5 Å². The van der Waals surface area contributed by atoms with Gasteiger partial charge in [0, 0.05) is 18.5 Å². The number of nitrogens with one attached hydrogen (secondary N) is 2. The second kappa shape index (κ2) is 6.84. The van der Waals surface area contributed by atoms with Gasteiger partial charge in [-0.3, -0.25) is 9.59 Å². The molecule has 2 N–H and O–H groups in total. The van der Waals surface area contributed by atoms with Crippen LogP contribution in [0.15, 0.2) is 18.2 Å². The first-order valence-electron chi connectivity index (χ1n) is 9.47. The third-order valence-corrected chi connectivity index (χ3v) is 6.72. The van der Waals surface area contributed by atoms with Crippen LogP contribution in [0.4, 0.5) is 4.39 Å². The molecule has 4 fully saturated rings. The second-order valence-corrected chi connectivity index (χ2v) is 8.71. The number of benzene rings is 1. The highest BCUT2D eigenvalue weighted by Gasteiger charge is 2.54. The van der Waals surface area contributed by atoms with Crippen molar-refractivity contribution < 1.29 is 14.0 Å². The van der Waals surface area contributed by atoms with Crippen molar-refractivity contribution in [2.45, 2.75) is 38.5 Å². The normalized spacial score (nSPS) is 31.7. The predicted molar refractivity (Wildman–Crippen MR) is 97.4 cm³/mol. The molecule has 0 unspecified atom stereocenters. The fourth-order valence-corrected chi connectivity index (χ4v) is 5.98. The van der Waals surface area contributed by atoms with Crippen molar-refractivity contribution in [1.82, 2.24) is 10.6 Å². The molecule has 0 aliphatic heterocycles. The molecule has 6 heteroatoms. The smallest absolute Gasteiger partial charge is 0.255 e. The number of halogens is 2. The molecule has 4 saturated carbocycles. The summed E-state index contributed by atoms with van der Waals surface area (Å²) in [5.74, 6) is 1.08. The van der Waals surface area contributed by atoms with Gasteiger partial charge in [-0.05, 0) is 68.4 Å². The van der Waals surface area contributed by atoms with E-state index in [4.69, 9.17) is 11.6 Å². The topological polar surface area (TPSA) is 58.2 Å². The lowest BCUT2D eigenvalue weighted by Crippen LogP contribution is -2.54. The summed E-state index contributed by atoms with van der Waals surface area (Å²) in [6.07, 6.45) is 6.94. The number of carbonyl (C=O) groups excluding carboxylic acids is 2. The summed E-state index contributed by atoms with van der Waals surface area (Å²) in [5.41, 5.74) is -0.338. The van der Waals surface area contributed by atoms with Crippen LogP contribution in [0.2, 0.25) is 5.02 Å². The van der Waals surface area contributed by atoms with Crippen molar-refractivity contribution in [2.75, 3.05) is 13.1 Å². The van der Waals surface area contributed by atoms with E-state index in [2.05, 4.69) is 10.6 Å². The first-order chi connectivity index (χ1) is 12.5. The Bertz CT molecular complexity index is 681. The van der Waals surface area contributed by atoms with E-state index in [0.717, 1.165) is 37.0 Å². The summed E-state index contributed by atoms with van der Waals surface area (Å²) in [6.45, 7) is 0.597. The third kappa shape index (κ3) is 3.22. The molecule has 0 aromatic heterocycles. The lowest BCUT2D eigenvalue weighted by Gasteiger charge is -2.55. The maximum absolute atomic E-state index is 13.7. The SMILES string of the molecule is O=C(NCCNC(=O)C12CC3CC(CC(C3)C1)C2)c1c(F)cccc1Cl. The van der Waals surface area contributed by atoms with Crippen LogP contribution in [-0.2, 0) is 4.79 Å². The van der Waals surface area contributed by atoms with Gasteiger partial charge in [0.2, 0.25) is 5.91 Å². The molecule has 2 amide bonds. The summed E-state index contributed by atoms with van der Waals surface area (Å²) < 4.78 is 13.7. The molecular formula is C20H24ClFN2O2. The minimum absolute atomic E-state index is 0.0834. The van der Waals surface area contributed by atoms with Gasteiger partial charge < -0.3 is 10.6 Å². The molecule has 1 aromatic carbocycles. The zero-order chi connectivity index (χ0) is 18.3. The second-order valence-electron chi connectivity index (χ2n) is 8.31. The van der Waals surface area contributed by atoms with Gasteiger partial charge in [-0.2, -0.15) is 0 Å². The minimum Gasteiger partial charge on any atom is -0.354 e. The van der Waals surface area contributed by atoms with E-state index in [1.54, 1.807) is 0 Å². The van der Waals surface area contributed by atoms with Gasteiger partial charge in [0.05, 0.1) is 10.6 Å². The van der Waals surface area contributed by atoms with Crippen molar-refractivity contribution in [2.24, 2.45) is 23.2 Å². The van der Waals surface area contributed by atoms with Gasteiger partial charge in [-0.25, -0.2) is 4.39 Å². The Hall–Kier alpha value is -1.62. The van der Waals surface area contributed by atoms with Gasteiger partial charge in [0.15, 0.2) is 0 Å². The summed E-state index contributed by atoms with van der Waals surface area (Å²) in [6, 6.07) is 4.14. The Kier molecular flexibility index (Phi) is 4.68. The maximum atomic E-state index is 13.7. The van der Waals surface area contributed by atoms with Gasteiger partial charge in [-0.1, -0.05) is 17.7 Å². The van der Waals surface area contributed by atoms with Crippen LogP contribution in [0.5, 0.6) is 0 Å². The van der Waals surface area contributed by atoms with Gasteiger partial charge >= 0.3 is 0 Å². The molecule has 4 nitrogen and oxygen atoms in total. The highest BCUT2D eigenvalue weighted by molar-refractivity contribution is 6.33. The lowest BCUT2D eigenvalue weighted by atomic mass is 9.49. The van der Waals surface area contributed by atoms with Gasteiger partial charge in [-0.15, -0.1) is 0 Å². The molecule has 0 atom stereocenters. The van der Waals surface area contributed by atoms with Crippen molar-refractivity contribution in [3.05, 3.63) is 34.6 Å². The molecule has 0 spiro atoms. The number of amides is 2. The van der Waals surface area contributed by atoms with Crippen LogP contribution in [0.3, 0.4) is 0 Å². The van der Waals surface area contributed by atoms with Crippen LogP contribution in [-0.4, -0.2) is 24.9 Å². The molecule has 1 aromatic rings. The van der Waals surface area contributed by atoms with Crippen LogP contribution < -0.4 is 10.6 Å². The molecule has 4 aliphatic carbocycles. The summed E-state index contributed by atoms with van der Waals surface area (Å²) >= 11 is 5.89. The first-order valence-corrected chi connectivity index (χ1v) is 9.85. The van der Waals surface area contributed by atoms with Crippen molar-refractivity contribution in [3.63, 3.8) is 0 Å². The zero-order valence-corrected chi connectivity index (χ0v) is 15.4. The molecule has 140 valence electrons. The summed E-state index contributed by atoms with van der Waals surface area (Å²) in [5, 5.41) is 5.71. The molecule has 4 aliphatic rings. The first kappa shape index (κ1) is 17.8. The average Bonchev–Trinajstić information content (AvgIpc) is 2.57. The molecule has 0 saturated heterocycles. The average molecular weight is 379 g/mol. The quantitative estimate of drug-likeness (QED) is 0.770. The third-order valence-electron chi connectivity index (χ3n) is 6.41. The number of rotatable bonds is 5. The monoisotopic (exact) mass is 378 g/mol. The zero-order valence-electron chi connectivity index (χ0n) is 14.7. The van der Waals surface area contributed by atoms with Crippen molar-refractivity contribution >= 4 is 23.4 Å². The van der Waals surface area contributed by atoms with Crippen LogP contribution >= 0.6 is 11.6 Å². The van der Waals surface area contributed by atoms with Crippen molar-refractivity contribution in [3.8, 4) is 0 Å². The van der Waals surface area contributed by atoms with Crippen LogP contribution in [0, 0.1) is 29.0 Å². The Morgan fingerprint density at radius 2 is 1.62 bits per heavy atom. The van der Waals surface area contributed by atoms with Crippen LogP contribution in [0.25, 0.3) is 0 Å². The molecular weight excluding hydrogens is 355 g/mol. The Balaban J connectivity index is 1.29. The van der Waals surface area contributed by atoms with E-state index in [9.17, 15) is 14.0 Å². The largest absolute Gasteiger partial charge is 0.354 e. The van der Waals surface area contributed by atoms with Gasteiger partial charge in [0.25, 0.3) is 5.91 Å². The number of carbonyl (C=O) groups is 2. The maximum Gasteiger partial charge on any atom is 0.255 e. The minimum atomic E-state index is -0.646. The Morgan fingerprint density at radius 3 is 2.19 bits per heavy atom. The highest BCUT2D eigenvalue weighted by Crippen LogP contribution is 2.60. The molecule has 26 heavy (non-hydrogen) atoms. The fraction of sp³-hybridized carbons (Fsp3) is 0.600. The molecule has 4 bridgehead atoms. The number of hydrogen-bond acceptors (Lipinski definition) is 2. The van der Waals surface area contributed by atoms with Gasteiger partial charge in [0.1, 0.15) is 5.82 Å². The molecule has 0 radical (unpaired) electrons. The number of hydrogen-bond donors (Lipinski definition) is 2. The van der Waals surface area contributed by atoms with Crippen LogP contribution in [0.1, 0.15) is 48.9 Å². The van der Waals surface area contributed by atoms with Crippen molar-refractivity contribution in [1.29, 1.82) is 0 Å². The van der Waals surface area contributed by atoms with E-state index in [1.807, 2.05) is 0 Å². The Labute approximate surface area is 157 Å². The standard InChI is InChI=1S/C20H24ClFN2O2/c21-15-2-1-3-16(22)17(15)18(25)23-4-5-24-19(26)20-9-12-6-13(10-20)8-14(7-12)11-20/h1-3,12-14H,4-11H2,(H,23,25)(H,24,26). The van der Waals surface area contributed by atoms with E-state index >= 15 is 0 Å². The summed E-state index contributed by atoms with van der Waals surface area (Å²) in [4.78, 5) is 24.9. The summed E-state index contributed by atoms with van der Waals surface area (Å²) in [7, 11) is 0. The lowest BCUT2D eigenvalue weighted by molar-refractivity contribution is -0.146. The molecule has 5 rings (SSSR count). The molecule has 0 heterocycles. The fourth-order valence-electron chi connectivity index (χ4n) is 5.73. The van der Waals surface area contributed by atoms with E-state index in [0.29, 0.717) is 6.54 Å². The van der Waals surface area contributed by atoms with E-state index < -0.39 is 11.7 Å². The van der Waals surface area contributed by atoms with E-state index in [-0.39, 0.29) is 28.5 Å². The Morgan fingerprint density at radius 1 is 1.04 bits per heavy atom. The highest BCUT2D eigenvalue weighted by atomic mass is 35.5.